The summed E-state index contributed by atoms with van der Waals surface area (Å²) in [5, 5.41) is 2.94. The molecule has 0 spiro atoms. The minimum Gasteiger partial charge on any atom is -0.497 e. The molecule has 1 aromatic carbocycles. The molecule has 0 bridgehead atoms. The van der Waals surface area contributed by atoms with Crippen LogP contribution in [0.5, 0.6) is 5.75 Å². The third-order valence-corrected chi connectivity index (χ3v) is 4.05. The van der Waals surface area contributed by atoms with Gasteiger partial charge in [-0.1, -0.05) is 34.7 Å². The van der Waals surface area contributed by atoms with Crippen molar-refractivity contribution in [1.29, 1.82) is 0 Å². The Morgan fingerprint density at radius 2 is 2.12 bits per heavy atom. The molecule has 16 heavy (non-hydrogen) atoms. The molecule has 2 atom stereocenters. The van der Waals surface area contributed by atoms with Gasteiger partial charge in [0.15, 0.2) is 0 Å². The summed E-state index contributed by atoms with van der Waals surface area (Å²) in [7, 11) is 1.64. The van der Waals surface area contributed by atoms with E-state index >= 15 is 0 Å². The number of nitrogens with one attached hydrogen (secondary N) is 1. The van der Waals surface area contributed by atoms with Gasteiger partial charge in [0.1, 0.15) is 5.75 Å². The van der Waals surface area contributed by atoms with Crippen molar-refractivity contribution in [2.24, 2.45) is 5.92 Å². The first-order valence-electron chi connectivity index (χ1n) is 5.25. The second kappa shape index (κ2) is 5.03. The first-order valence-corrected chi connectivity index (χ1v) is 6.50. The zero-order chi connectivity index (χ0) is 11.5. The minimum atomic E-state index is 0.176. The normalized spacial score (nSPS) is 22.6. The maximum absolute atomic E-state index is 11.6. The van der Waals surface area contributed by atoms with Gasteiger partial charge in [-0.25, -0.2) is 0 Å². The number of amides is 1. The van der Waals surface area contributed by atoms with Crippen LogP contribution in [0.3, 0.4) is 0 Å². The van der Waals surface area contributed by atoms with Gasteiger partial charge in [0.05, 0.1) is 13.0 Å². The summed E-state index contributed by atoms with van der Waals surface area (Å²) in [6, 6.07) is 7.74. The fourth-order valence-corrected chi connectivity index (χ4v) is 2.37. The average Bonchev–Trinajstić information content (AvgIpc) is 3.04. The molecule has 0 heterocycles. The molecule has 0 saturated heterocycles. The van der Waals surface area contributed by atoms with E-state index in [0.29, 0.717) is 10.5 Å². The van der Waals surface area contributed by atoms with Gasteiger partial charge in [0.25, 0.3) is 0 Å². The van der Waals surface area contributed by atoms with Crippen LogP contribution in [0.25, 0.3) is 0 Å². The van der Waals surface area contributed by atoms with Gasteiger partial charge in [0, 0.05) is 10.5 Å². The molecule has 1 aromatic rings. The highest BCUT2D eigenvalue weighted by Crippen LogP contribution is 2.38. The predicted octanol–water partition coefficient (Wildman–Crippen LogP) is 2.13. The summed E-state index contributed by atoms with van der Waals surface area (Å²) in [4.78, 5) is 11.6. The molecule has 1 amide bonds. The van der Waals surface area contributed by atoms with E-state index in [-0.39, 0.29) is 11.8 Å². The molecule has 1 saturated carbocycles. The zero-order valence-electron chi connectivity index (χ0n) is 9.07. The Labute approximate surface area is 109 Å². The number of hydrogen-bond donors (Lipinski definition) is 1. The van der Waals surface area contributed by atoms with Crippen molar-refractivity contribution in [2.45, 2.75) is 16.9 Å². The quantitative estimate of drug-likeness (QED) is 0.678. The lowest BCUT2D eigenvalue weighted by atomic mass is 10.2. The van der Waals surface area contributed by atoms with Gasteiger partial charge >= 0.3 is 0 Å². The van der Waals surface area contributed by atoms with Gasteiger partial charge in [-0.05, 0) is 24.1 Å². The number of ether oxygens (including phenoxy) is 1. The van der Waals surface area contributed by atoms with Gasteiger partial charge in [-0.15, -0.1) is 0 Å². The van der Waals surface area contributed by atoms with Crippen LogP contribution in [-0.2, 0) is 11.3 Å². The molecule has 86 valence electrons. The van der Waals surface area contributed by atoms with Crippen molar-refractivity contribution in [1.82, 2.24) is 5.32 Å². The number of halogens is 1. The Morgan fingerprint density at radius 3 is 2.62 bits per heavy atom. The van der Waals surface area contributed by atoms with E-state index in [9.17, 15) is 4.79 Å². The summed E-state index contributed by atoms with van der Waals surface area (Å²) in [6.45, 7) is 0.600. The first-order chi connectivity index (χ1) is 7.70. The molecule has 0 unspecified atom stereocenters. The largest absolute Gasteiger partial charge is 0.497 e. The third-order valence-electron chi connectivity index (χ3n) is 2.68. The SMILES string of the molecule is COc1ccc(CNC(=O)[C@H]2C[C@H]2I)cc1. The lowest BCUT2D eigenvalue weighted by molar-refractivity contribution is -0.122. The zero-order valence-corrected chi connectivity index (χ0v) is 11.2. The topological polar surface area (TPSA) is 38.3 Å². The van der Waals surface area contributed by atoms with Crippen molar-refractivity contribution in [3.8, 4) is 5.75 Å². The van der Waals surface area contributed by atoms with E-state index in [4.69, 9.17) is 4.74 Å². The number of rotatable bonds is 4. The van der Waals surface area contributed by atoms with E-state index in [1.165, 1.54) is 0 Å². The average molecular weight is 331 g/mol. The predicted molar refractivity (Wildman–Crippen MR) is 70.8 cm³/mol. The second-order valence-electron chi connectivity index (χ2n) is 3.92. The third kappa shape index (κ3) is 2.87. The lowest BCUT2D eigenvalue weighted by Crippen LogP contribution is -2.24. The number of benzene rings is 1. The number of methoxy groups -OCH3 is 1. The summed E-state index contributed by atoms with van der Waals surface area (Å²) >= 11 is 2.32. The highest BCUT2D eigenvalue weighted by Gasteiger charge is 2.40. The van der Waals surface area contributed by atoms with E-state index in [1.54, 1.807) is 7.11 Å². The van der Waals surface area contributed by atoms with Crippen molar-refractivity contribution in [3.63, 3.8) is 0 Å². The summed E-state index contributed by atoms with van der Waals surface area (Å²) in [5.41, 5.74) is 1.10. The molecule has 0 radical (unpaired) electrons. The summed E-state index contributed by atoms with van der Waals surface area (Å²) in [5.74, 6) is 1.25. The van der Waals surface area contributed by atoms with Gasteiger partial charge in [-0.3, -0.25) is 4.79 Å². The Hall–Kier alpha value is -0.780. The number of hydrogen-bond acceptors (Lipinski definition) is 2. The molecule has 1 N–H and O–H groups in total. The molecule has 2 rings (SSSR count). The van der Waals surface area contributed by atoms with Crippen LogP contribution in [0.1, 0.15) is 12.0 Å². The monoisotopic (exact) mass is 331 g/mol. The highest BCUT2D eigenvalue weighted by molar-refractivity contribution is 14.1. The smallest absolute Gasteiger partial charge is 0.224 e. The number of alkyl halides is 1. The van der Waals surface area contributed by atoms with Crippen LogP contribution in [0.2, 0.25) is 0 Å². The fourth-order valence-electron chi connectivity index (χ4n) is 1.50. The second-order valence-corrected chi connectivity index (χ2v) is 5.52. The van der Waals surface area contributed by atoms with E-state index in [1.807, 2.05) is 24.3 Å². The lowest BCUT2D eigenvalue weighted by Gasteiger charge is -2.05. The summed E-state index contributed by atoms with van der Waals surface area (Å²) < 4.78 is 5.60. The van der Waals surface area contributed by atoms with E-state index in [0.717, 1.165) is 17.7 Å². The molecule has 0 aromatic heterocycles. The van der Waals surface area contributed by atoms with Gasteiger partial charge < -0.3 is 10.1 Å². The Kier molecular flexibility index (Phi) is 3.68. The minimum absolute atomic E-state index is 0.176. The molecule has 0 aliphatic heterocycles. The Morgan fingerprint density at radius 1 is 1.50 bits per heavy atom. The van der Waals surface area contributed by atoms with Crippen LogP contribution in [0, 0.1) is 5.92 Å². The molecule has 1 fully saturated rings. The molecular weight excluding hydrogens is 317 g/mol. The van der Waals surface area contributed by atoms with Gasteiger partial charge in [-0.2, -0.15) is 0 Å². The molecule has 1 aliphatic carbocycles. The van der Waals surface area contributed by atoms with E-state index < -0.39 is 0 Å². The van der Waals surface area contributed by atoms with Crippen molar-refractivity contribution >= 4 is 28.5 Å². The maximum atomic E-state index is 11.6. The van der Waals surface area contributed by atoms with Crippen LogP contribution >= 0.6 is 22.6 Å². The maximum Gasteiger partial charge on any atom is 0.224 e. The van der Waals surface area contributed by atoms with Crippen molar-refractivity contribution in [2.75, 3.05) is 7.11 Å². The van der Waals surface area contributed by atoms with Crippen LogP contribution < -0.4 is 10.1 Å². The fraction of sp³-hybridized carbons (Fsp3) is 0.417. The summed E-state index contributed by atoms with van der Waals surface area (Å²) in [6.07, 6.45) is 1.02. The van der Waals surface area contributed by atoms with Crippen molar-refractivity contribution in [3.05, 3.63) is 29.8 Å². The molecule has 4 heteroatoms. The molecular formula is C12H14INO2. The highest BCUT2D eigenvalue weighted by atomic mass is 127. The van der Waals surface area contributed by atoms with Crippen molar-refractivity contribution < 1.29 is 9.53 Å². The van der Waals surface area contributed by atoms with Crippen LogP contribution in [0.15, 0.2) is 24.3 Å². The van der Waals surface area contributed by atoms with Crippen LogP contribution in [0.4, 0.5) is 0 Å². The van der Waals surface area contributed by atoms with Gasteiger partial charge in [0.2, 0.25) is 5.91 Å². The number of carbonyl (C=O) groups excluding carboxylic acids is 1. The first kappa shape index (κ1) is 11.7. The number of carbonyl (C=O) groups is 1. The Balaban J connectivity index is 1.82. The Bertz CT molecular complexity index is 377. The molecule has 1 aliphatic rings. The van der Waals surface area contributed by atoms with Crippen LogP contribution in [-0.4, -0.2) is 16.9 Å². The standard InChI is InChI=1S/C12H14INO2/c1-16-9-4-2-8(3-5-9)7-14-12(15)10-6-11(10)13/h2-5,10-11H,6-7H2,1H3,(H,14,15)/t10-,11+/m0/s1. The molecule has 3 nitrogen and oxygen atoms in total. The van der Waals surface area contributed by atoms with E-state index in [2.05, 4.69) is 27.9 Å².